The number of alkyl halides is 3. The van der Waals surface area contributed by atoms with Crippen LogP contribution in [0, 0.1) is 12.7 Å². The molecule has 0 amide bonds. The van der Waals surface area contributed by atoms with Crippen LogP contribution in [0.2, 0.25) is 5.02 Å². The molecule has 0 aliphatic heterocycles. The van der Waals surface area contributed by atoms with Crippen molar-refractivity contribution in [3.63, 3.8) is 0 Å². The van der Waals surface area contributed by atoms with E-state index in [4.69, 9.17) is 16.0 Å². The normalized spacial score (nSPS) is 12.1. The molecular formula is C15H9ClF4N2O3. The molecule has 0 fully saturated rings. The molecule has 0 spiro atoms. The Hall–Kier alpha value is -2.55. The van der Waals surface area contributed by atoms with Crippen LogP contribution in [0.3, 0.4) is 0 Å². The molecule has 10 heteroatoms. The average molecular weight is 377 g/mol. The smallest absolute Gasteiger partial charge is 0.431 e. The molecule has 3 rings (SSSR count). The van der Waals surface area contributed by atoms with Crippen molar-refractivity contribution in [3.05, 3.63) is 61.3 Å². The predicted octanol–water partition coefficient (Wildman–Crippen LogP) is 3.40. The summed E-state index contributed by atoms with van der Waals surface area (Å²) in [5, 5.41) is -0.0948. The molecule has 0 unspecified atom stereocenters. The van der Waals surface area contributed by atoms with Gasteiger partial charge in [-0.15, -0.1) is 0 Å². The lowest BCUT2D eigenvalue weighted by Gasteiger charge is -2.14. The highest BCUT2D eigenvalue weighted by Crippen LogP contribution is 2.33. The molecule has 5 nitrogen and oxygen atoms in total. The maximum Gasteiger partial charge on any atom is 0.431 e. The van der Waals surface area contributed by atoms with E-state index in [-0.39, 0.29) is 26.6 Å². The van der Waals surface area contributed by atoms with Crippen molar-refractivity contribution in [1.82, 2.24) is 9.13 Å². The summed E-state index contributed by atoms with van der Waals surface area (Å²) < 4.78 is 59.0. The van der Waals surface area contributed by atoms with Crippen LogP contribution in [-0.4, -0.2) is 9.13 Å². The third-order valence-corrected chi connectivity index (χ3v) is 3.92. The number of aromatic nitrogens is 2. The maximum absolute atomic E-state index is 14.4. The van der Waals surface area contributed by atoms with E-state index in [0.29, 0.717) is 10.3 Å². The van der Waals surface area contributed by atoms with Gasteiger partial charge >= 0.3 is 11.9 Å². The lowest BCUT2D eigenvalue weighted by Crippen LogP contribution is -2.41. The van der Waals surface area contributed by atoms with Gasteiger partial charge < -0.3 is 4.42 Å². The zero-order chi connectivity index (χ0) is 18.7. The molecule has 0 aliphatic rings. The van der Waals surface area contributed by atoms with E-state index in [9.17, 15) is 27.2 Å². The van der Waals surface area contributed by atoms with Crippen molar-refractivity contribution < 1.29 is 22.0 Å². The predicted molar refractivity (Wildman–Crippen MR) is 81.8 cm³/mol. The molecule has 1 aromatic carbocycles. The number of hydrogen-bond donors (Lipinski definition) is 0. The van der Waals surface area contributed by atoms with Crippen LogP contribution < -0.4 is 11.2 Å². The average Bonchev–Trinajstić information content (AvgIpc) is 2.87. The molecule has 0 N–H and O–H groups in total. The van der Waals surface area contributed by atoms with Crippen molar-refractivity contribution in [2.24, 2.45) is 7.05 Å². The van der Waals surface area contributed by atoms with Gasteiger partial charge in [0.1, 0.15) is 23.0 Å². The first-order chi connectivity index (χ1) is 11.5. The van der Waals surface area contributed by atoms with Gasteiger partial charge in [0.15, 0.2) is 5.58 Å². The second kappa shape index (κ2) is 5.48. The topological polar surface area (TPSA) is 57.1 Å². The molecule has 2 aromatic heterocycles. The van der Waals surface area contributed by atoms with Gasteiger partial charge in [0.05, 0.1) is 5.02 Å². The first-order valence-electron chi connectivity index (χ1n) is 6.81. The molecule has 0 aliphatic carbocycles. The number of hydrogen-bond acceptors (Lipinski definition) is 3. The second-order valence-electron chi connectivity index (χ2n) is 5.33. The lowest BCUT2D eigenvalue weighted by atomic mass is 10.2. The minimum absolute atomic E-state index is 0.00135. The summed E-state index contributed by atoms with van der Waals surface area (Å²) in [5.74, 6) is -0.724. The third kappa shape index (κ3) is 2.64. The zero-order valence-corrected chi connectivity index (χ0v) is 13.5. The number of aryl methyl sites for hydroxylation is 1. The summed E-state index contributed by atoms with van der Waals surface area (Å²) in [7, 11) is 0.840. The van der Waals surface area contributed by atoms with Crippen molar-refractivity contribution >= 4 is 22.6 Å². The first kappa shape index (κ1) is 17.3. The van der Waals surface area contributed by atoms with E-state index in [1.165, 1.54) is 13.0 Å². The highest BCUT2D eigenvalue weighted by atomic mass is 35.5. The van der Waals surface area contributed by atoms with Gasteiger partial charge in [0.25, 0.3) is 5.56 Å². The van der Waals surface area contributed by atoms with Crippen LogP contribution in [0.25, 0.3) is 16.7 Å². The quantitative estimate of drug-likeness (QED) is 0.612. The first-order valence-corrected chi connectivity index (χ1v) is 7.19. The summed E-state index contributed by atoms with van der Waals surface area (Å²) >= 11 is 5.88. The standard InChI is InChI=1S/C15H9ClF4N2O3/c1-6-3-7-12(9(17)4-8(16)13(7)25-6)22-11(23)5-10(15(18,19)20)21(2)14(22)24/h3-5H,1-2H3. The maximum atomic E-state index is 14.4. The van der Waals surface area contributed by atoms with E-state index < -0.39 is 34.6 Å². The number of halogens is 5. The summed E-state index contributed by atoms with van der Waals surface area (Å²) in [4.78, 5) is 24.5. The molecule has 0 radical (unpaired) electrons. The lowest BCUT2D eigenvalue weighted by molar-refractivity contribution is -0.144. The van der Waals surface area contributed by atoms with Gasteiger partial charge in [-0.1, -0.05) is 11.6 Å². The molecule has 0 saturated heterocycles. The SMILES string of the molecule is Cc1cc2c(-n3c(=O)cc(C(F)(F)F)n(C)c3=O)c(F)cc(Cl)c2o1. The highest BCUT2D eigenvalue weighted by molar-refractivity contribution is 6.35. The van der Waals surface area contributed by atoms with Crippen LogP contribution in [0.4, 0.5) is 17.6 Å². The van der Waals surface area contributed by atoms with Crippen molar-refractivity contribution in [2.45, 2.75) is 13.1 Å². The second-order valence-corrected chi connectivity index (χ2v) is 5.74. The summed E-state index contributed by atoms with van der Waals surface area (Å²) in [6.07, 6.45) is -4.91. The molecule has 2 heterocycles. The summed E-state index contributed by atoms with van der Waals surface area (Å²) in [6.45, 7) is 1.53. The zero-order valence-electron chi connectivity index (χ0n) is 12.7. The molecule has 132 valence electrons. The Balaban J connectivity index is 2.48. The number of rotatable bonds is 1. The number of furan rings is 1. The molecular weight excluding hydrogens is 368 g/mol. The van der Waals surface area contributed by atoms with E-state index in [1.807, 2.05) is 0 Å². The third-order valence-electron chi connectivity index (χ3n) is 3.64. The van der Waals surface area contributed by atoms with Gasteiger partial charge in [0.2, 0.25) is 0 Å². The molecule has 3 aromatic rings. The van der Waals surface area contributed by atoms with Crippen LogP contribution in [0.5, 0.6) is 0 Å². The highest BCUT2D eigenvalue weighted by Gasteiger charge is 2.35. The van der Waals surface area contributed by atoms with Crippen molar-refractivity contribution in [2.75, 3.05) is 0 Å². The fourth-order valence-corrected chi connectivity index (χ4v) is 2.81. The summed E-state index contributed by atoms with van der Waals surface area (Å²) in [5.41, 5.74) is -4.61. The van der Waals surface area contributed by atoms with Gasteiger partial charge in [-0.2, -0.15) is 13.2 Å². The van der Waals surface area contributed by atoms with Crippen molar-refractivity contribution in [1.29, 1.82) is 0 Å². The van der Waals surface area contributed by atoms with E-state index in [1.54, 1.807) is 0 Å². The van der Waals surface area contributed by atoms with Crippen LogP contribution in [0.15, 0.2) is 32.2 Å². The molecule has 25 heavy (non-hydrogen) atoms. The molecule has 0 bridgehead atoms. The van der Waals surface area contributed by atoms with E-state index >= 15 is 0 Å². The van der Waals surface area contributed by atoms with Gasteiger partial charge in [-0.3, -0.25) is 9.36 Å². The Morgan fingerprint density at radius 3 is 2.40 bits per heavy atom. The Morgan fingerprint density at radius 2 is 1.80 bits per heavy atom. The Bertz CT molecular complexity index is 1120. The molecule has 0 atom stereocenters. The number of fused-ring (bicyclic) bond motifs is 1. The number of benzene rings is 1. The van der Waals surface area contributed by atoms with Crippen LogP contribution >= 0.6 is 11.6 Å². The van der Waals surface area contributed by atoms with Gasteiger partial charge in [-0.05, 0) is 19.1 Å². The monoisotopic (exact) mass is 376 g/mol. The minimum atomic E-state index is -4.91. The Kier molecular flexibility index (Phi) is 3.79. The minimum Gasteiger partial charge on any atom is -0.460 e. The molecule has 0 saturated carbocycles. The van der Waals surface area contributed by atoms with Crippen molar-refractivity contribution in [3.8, 4) is 5.69 Å². The largest absolute Gasteiger partial charge is 0.460 e. The Labute approximate surface area is 141 Å². The van der Waals surface area contributed by atoms with Gasteiger partial charge in [0, 0.05) is 18.5 Å². The van der Waals surface area contributed by atoms with E-state index in [0.717, 1.165) is 13.1 Å². The van der Waals surface area contributed by atoms with Gasteiger partial charge in [-0.25, -0.2) is 13.8 Å². The Morgan fingerprint density at radius 1 is 1.16 bits per heavy atom. The van der Waals surface area contributed by atoms with Crippen LogP contribution in [-0.2, 0) is 13.2 Å². The summed E-state index contributed by atoms with van der Waals surface area (Å²) in [6, 6.07) is 2.39. The fraction of sp³-hybridized carbons (Fsp3) is 0.200. The number of nitrogens with zero attached hydrogens (tertiary/aromatic N) is 2. The fourth-order valence-electron chi connectivity index (χ4n) is 2.57. The van der Waals surface area contributed by atoms with E-state index in [2.05, 4.69) is 0 Å². The van der Waals surface area contributed by atoms with Crippen LogP contribution in [0.1, 0.15) is 11.5 Å².